The molecule has 1 aliphatic heterocycles. The first-order chi connectivity index (χ1) is 9.06. The van der Waals surface area contributed by atoms with E-state index in [9.17, 15) is 9.18 Å². The Balaban J connectivity index is 2.41. The highest BCUT2D eigenvalue weighted by atomic mass is 19.1. The van der Waals surface area contributed by atoms with Crippen molar-refractivity contribution in [1.29, 1.82) is 0 Å². The minimum Gasteiger partial charge on any atom is -0.354 e. The molecule has 1 fully saturated rings. The molecule has 0 N–H and O–H groups in total. The fourth-order valence-corrected chi connectivity index (χ4v) is 2.12. The number of nitrogens with zero attached hydrogens (tertiary/aromatic N) is 5. The third-order valence-electron chi connectivity index (χ3n) is 3.18. The van der Waals surface area contributed by atoms with Crippen LogP contribution in [0.25, 0.3) is 10.4 Å². The summed E-state index contributed by atoms with van der Waals surface area (Å²) in [6.07, 6.45) is 1.37. The number of aryl methyl sites for hydroxylation is 1. The second-order valence-corrected chi connectivity index (χ2v) is 4.43. The lowest BCUT2D eigenvalue weighted by atomic mass is 10.1. The zero-order chi connectivity index (χ0) is 14.0. The molecule has 1 aliphatic rings. The molecule has 0 unspecified atom stereocenters. The van der Waals surface area contributed by atoms with Crippen LogP contribution in [0.2, 0.25) is 0 Å². The predicted octanol–water partition coefficient (Wildman–Crippen LogP) is 2.07. The maximum absolute atomic E-state index is 13.5. The van der Waals surface area contributed by atoms with Crippen molar-refractivity contribution in [3.63, 3.8) is 0 Å². The summed E-state index contributed by atoms with van der Waals surface area (Å²) in [6.45, 7) is 3.34. The molecule has 102 valence electrons. The van der Waals surface area contributed by atoms with Crippen LogP contribution < -0.4 is 5.69 Å². The molecule has 0 saturated carbocycles. The predicted molar refractivity (Wildman–Crippen MR) is 64.9 cm³/mol. The Hall–Kier alpha value is -1.92. The summed E-state index contributed by atoms with van der Waals surface area (Å²) in [6, 6.07) is -0.531. The summed E-state index contributed by atoms with van der Waals surface area (Å²) in [4.78, 5) is 18.1. The Morgan fingerprint density at radius 1 is 1.74 bits per heavy atom. The van der Waals surface area contributed by atoms with Gasteiger partial charge in [-0.2, -0.15) is 4.98 Å². The van der Waals surface area contributed by atoms with Crippen LogP contribution in [0, 0.1) is 12.7 Å². The molecule has 8 heteroatoms. The van der Waals surface area contributed by atoms with Crippen LogP contribution in [0.4, 0.5) is 4.39 Å². The van der Waals surface area contributed by atoms with E-state index in [-0.39, 0.29) is 11.8 Å². The molecule has 0 spiro atoms. The third kappa shape index (κ3) is 2.59. The quantitative estimate of drug-likeness (QED) is 0.476. The summed E-state index contributed by atoms with van der Waals surface area (Å²) >= 11 is 0. The van der Waals surface area contributed by atoms with Crippen molar-refractivity contribution in [2.24, 2.45) is 5.11 Å². The SMILES string of the molecule is CC[C@@H]1C[C@H](N=[N+]=[N-])[C@H](n2cc(F)c(C)nc2=O)O1. The maximum Gasteiger partial charge on any atom is 0.350 e. The average molecular weight is 267 g/mol. The lowest BCUT2D eigenvalue weighted by Gasteiger charge is -2.17. The Morgan fingerprint density at radius 2 is 2.47 bits per heavy atom. The molecule has 1 aromatic rings. The average Bonchev–Trinajstić information content (AvgIpc) is 2.77. The van der Waals surface area contributed by atoms with Crippen LogP contribution in [0.5, 0.6) is 0 Å². The van der Waals surface area contributed by atoms with Crippen LogP contribution >= 0.6 is 0 Å². The van der Waals surface area contributed by atoms with Gasteiger partial charge >= 0.3 is 5.69 Å². The molecular weight excluding hydrogens is 253 g/mol. The van der Waals surface area contributed by atoms with Gasteiger partial charge in [0.15, 0.2) is 5.82 Å². The number of hydrogen-bond donors (Lipinski definition) is 0. The van der Waals surface area contributed by atoms with Crippen LogP contribution in [-0.4, -0.2) is 21.7 Å². The third-order valence-corrected chi connectivity index (χ3v) is 3.18. The van der Waals surface area contributed by atoms with E-state index in [0.29, 0.717) is 6.42 Å². The number of rotatable bonds is 3. The highest BCUT2D eigenvalue weighted by molar-refractivity contribution is 5.01. The van der Waals surface area contributed by atoms with Gasteiger partial charge < -0.3 is 4.74 Å². The van der Waals surface area contributed by atoms with Crippen molar-refractivity contribution in [2.75, 3.05) is 0 Å². The molecule has 19 heavy (non-hydrogen) atoms. The fourth-order valence-electron chi connectivity index (χ4n) is 2.12. The van der Waals surface area contributed by atoms with E-state index in [0.717, 1.165) is 17.2 Å². The topological polar surface area (TPSA) is 92.9 Å². The highest BCUT2D eigenvalue weighted by Gasteiger charge is 2.35. The molecule has 0 amide bonds. The Morgan fingerprint density at radius 3 is 3.11 bits per heavy atom. The van der Waals surface area contributed by atoms with Crippen LogP contribution in [-0.2, 0) is 4.74 Å². The van der Waals surface area contributed by atoms with Gasteiger partial charge in [-0.15, -0.1) is 0 Å². The van der Waals surface area contributed by atoms with Crippen molar-refractivity contribution in [3.8, 4) is 0 Å². The minimum atomic E-state index is -0.795. The van der Waals surface area contributed by atoms with E-state index in [1.165, 1.54) is 6.92 Å². The van der Waals surface area contributed by atoms with Crippen molar-refractivity contribution < 1.29 is 9.13 Å². The number of azide groups is 1. The van der Waals surface area contributed by atoms with Gasteiger partial charge in [-0.25, -0.2) is 9.18 Å². The van der Waals surface area contributed by atoms with E-state index < -0.39 is 23.8 Å². The van der Waals surface area contributed by atoms with Crippen LogP contribution in [0.1, 0.15) is 31.7 Å². The first-order valence-corrected chi connectivity index (χ1v) is 6.01. The van der Waals surface area contributed by atoms with Gasteiger partial charge in [-0.1, -0.05) is 12.0 Å². The Kier molecular flexibility index (Phi) is 3.82. The van der Waals surface area contributed by atoms with E-state index >= 15 is 0 Å². The standard InChI is InChI=1S/C11H14FN5O2/c1-3-7-4-9(15-16-13)10(19-7)17-5-8(12)6(2)14-11(17)18/h5,7,9-10H,3-4H2,1-2H3/t7-,9+,10-/m1/s1. The minimum absolute atomic E-state index is 0.0339. The van der Waals surface area contributed by atoms with Crippen LogP contribution in [0.15, 0.2) is 16.1 Å². The van der Waals surface area contributed by atoms with E-state index in [4.69, 9.17) is 10.3 Å². The van der Waals surface area contributed by atoms with E-state index in [2.05, 4.69) is 15.0 Å². The van der Waals surface area contributed by atoms with Gasteiger partial charge in [0.05, 0.1) is 17.8 Å². The summed E-state index contributed by atoms with van der Waals surface area (Å²) < 4.78 is 20.2. The van der Waals surface area contributed by atoms with Gasteiger partial charge in [0.25, 0.3) is 0 Å². The lowest BCUT2D eigenvalue weighted by Crippen LogP contribution is -2.32. The highest BCUT2D eigenvalue weighted by Crippen LogP contribution is 2.32. The molecule has 0 aromatic carbocycles. The number of ether oxygens (including phenoxy) is 1. The number of aromatic nitrogens is 2. The van der Waals surface area contributed by atoms with Gasteiger partial charge in [0, 0.05) is 11.1 Å². The second kappa shape index (κ2) is 5.38. The molecular formula is C11H14FN5O2. The molecule has 2 rings (SSSR count). The van der Waals surface area contributed by atoms with Crippen molar-refractivity contribution in [3.05, 3.63) is 38.6 Å². The van der Waals surface area contributed by atoms with Crippen molar-refractivity contribution >= 4 is 0 Å². The Labute approximate surface area is 108 Å². The van der Waals surface area contributed by atoms with Gasteiger partial charge in [-0.3, -0.25) is 4.57 Å². The molecule has 0 radical (unpaired) electrons. The van der Waals surface area contributed by atoms with Gasteiger partial charge in [0.2, 0.25) is 0 Å². The van der Waals surface area contributed by atoms with E-state index in [1.807, 2.05) is 6.92 Å². The van der Waals surface area contributed by atoms with Gasteiger partial charge in [-0.05, 0) is 25.3 Å². The first-order valence-electron chi connectivity index (χ1n) is 6.01. The molecule has 7 nitrogen and oxygen atoms in total. The maximum atomic E-state index is 13.5. The first kappa shape index (κ1) is 13.5. The van der Waals surface area contributed by atoms with Gasteiger partial charge in [0.1, 0.15) is 6.23 Å². The summed E-state index contributed by atoms with van der Waals surface area (Å²) in [5.74, 6) is -0.595. The van der Waals surface area contributed by atoms with Crippen molar-refractivity contribution in [1.82, 2.24) is 9.55 Å². The second-order valence-electron chi connectivity index (χ2n) is 4.43. The summed E-state index contributed by atoms with van der Waals surface area (Å²) in [5, 5.41) is 3.62. The fraction of sp³-hybridized carbons (Fsp3) is 0.636. The molecule has 0 aliphatic carbocycles. The largest absolute Gasteiger partial charge is 0.354 e. The molecule has 2 heterocycles. The van der Waals surface area contributed by atoms with Crippen molar-refractivity contribution in [2.45, 2.75) is 45.1 Å². The smallest absolute Gasteiger partial charge is 0.350 e. The number of halogens is 1. The molecule has 1 saturated heterocycles. The molecule has 3 atom stereocenters. The summed E-state index contributed by atoms with van der Waals surface area (Å²) in [5.41, 5.74) is 7.97. The summed E-state index contributed by atoms with van der Waals surface area (Å²) in [7, 11) is 0. The lowest BCUT2D eigenvalue weighted by molar-refractivity contribution is -0.00710. The zero-order valence-electron chi connectivity index (χ0n) is 10.7. The monoisotopic (exact) mass is 267 g/mol. The molecule has 1 aromatic heterocycles. The van der Waals surface area contributed by atoms with E-state index in [1.54, 1.807) is 0 Å². The van der Waals surface area contributed by atoms with Crippen LogP contribution in [0.3, 0.4) is 0 Å². The normalized spacial score (nSPS) is 26.2. The zero-order valence-corrected chi connectivity index (χ0v) is 10.7. The Bertz CT molecular complexity index is 581. The molecule has 0 bridgehead atoms. The number of hydrogen-bond acceptors (Lipinski definition) is 4.